The molecule has 1 fully saturated rings. The lowest BCUT2D eigenvalue weighted by atomic mass is 10.1. The van der Waals surface area contributed by atoms with E-state index in [-0.39, 0.29) is 11.4 Å². The molecular weight excluding hydrogens is 254 g/mol. The Labute approximate surface area is 111 Å². The predicted molar refractivity (Wildman–Crippen MR) is 71.1 cm³/mol. The predicted octanol–water partition coefficient (Wildman–Crippen LogP) is 1.31. The molecule has 1 aliphatic heterocycles. The molecule has 0 spiro atoms. The average Bonchev–Trinajstić information content (AvgIpc) is 2.36. The monoisotopic (exact) mass is 271 g/mol. The lowest BCUT2D eigenvalue weighted by Gasteiger charge is -2.30. The average molecular weight is 272 g/mol. The molecule has 1 aromatic rings. The van der Waals surface area contributed by atoms with Gasteiger partial charge in [-0.2, -0.15) is 15.0 Å². The highest BCUT2D eigenvalue weighted by atomic mass is 35.5. The quantitative estimate of drug-likeness (QED) is 0.860. The van der Waals surface area contributed by atoms with E-state index >= 15 is 0 Å². The first-order valence-electron chi connectivity index (χ1n) is 6.27. The van der Waals surface area contributed by atoms with Crippen LogP contribution in [0.15, 0.2) is 0 Å². The molecule has 1 saturated heterocycles. The lowest BCUT2D eigenvalue weighted by molar-refractivity contribution is 0.153. The summed E-state index contributed by atoms with van der Waals surface area (Å²) in [5.41, 5.74) is 0. The first-order chi connectivity index (χ1) is 8.69. The van der Waals surface area contributed by atoms with Gasteiger partial charge in [-0.3, -0.25) is 0 Å². The fraction of sp³-hybridized carbons (Fsp3) is 0.727. The third-order valence-electron chi connectivity index (χ3n) is 2.81. The zero-order valence-electron chi connectivity index (χ0n) is 10.4. The summed E-state index contributed by atoms with van der Waals surface area (Å²) >= 11 is 5.89. The second-order valence-corrected chi connectivity index (χ2v) is 4.73. The van der Waals surface area contributed by atoms with Gasteiger partial charge >= 0.3 is 0 Å². The van der Waals surface area contributed by atoms with Gasteiger partial charge in [0, 0.05) is 19.6 Å². The van der Waals surface area contributed by atoms with Crippen molar-refractivity contribution < 1.29 is 5.11 Å². The van der Waals surface area contributed by atoms with Crippen LogP contribution in [-0.2, 0) is 0 Å². The summed E-state index contributed by atoms with van der Waals surface area (Å²) in [7, 11) is 0. The molecule has 2 heterocycles. The van der Waals surface area contributed by atoms with Crippen molar-refractivity contribution in [1.29, 1.82) is 0 Å². The maximum absolute atomic E-state index is 9.66. The summed E-state index contributed by atoms with van der Waals surface area (Å²) < 4.78 is 0. The minimum atomic E-state index is -0.318. The van der Waals surface area contributed by atoms with Crippen molar-refractivity contribution >= 4 is 23.5 Å². The van der Waals surface area contributed by atoms with E-state index in [9.17, 15) is 5.11 Å². The van der Waals surface area contributed by atoms with E-state index in [0.717, 1.165) is 32.4 Å². The zero-order chi connectivity index (χ0) is 13.0. The fourth-order valence-electron chi connectivity index (χ4n) is 1.93. The van der Waals surface area contributed by atoms with E-state index in [0.29, 0.717) is 18.4 Å². The van der Waals surface area contributed by atoms with Crippen molar-refractivity contribution in [2.45, 2.75) is 32.3 Å². The number of rotatable bonds is 4. The molecule has 0 saturated carbocycles. The summed E-state index contributed by atoms with van der Waals surface area (Å²) in [6.45, 7) is 4.25. The number of aliphatic hydroxyl groups excluding tert-OH is 1. The summed E-state index contributed by atoms with van der Waals surface area (Å²) in [5.74, 6) is 1.03. The smallest absolute Gasteiger partial charge is 0.231 e. The van der Waals surface area contributed by atoms with Crippen molar-refractivity contribution in [3.05, 3.63) is 5.28 Å². The molecular formula is C11H18ClN5O. The summed E-state index contributed by atoms with van der Waals surface area (Å²) in [4.78, 5) is 14.4. The Bertz CT molecular complexity index is 403. The Kier molecular flexibility index (Phi) is 4.54. The van der Waals surface area contributed by atoms with Gasteiger partial charge in [-0.25, -0.2) is 0 Å². The lowest BCUT2D eigenvalue weighted by Crippen LogP contribution is -2.39. The molecule has 2 N–H and O–H groups in total. The first kappa shape index (κ1) is 13.3. The Hall–Kier alpha value is -1.14. The largest absolute Gasteiger partial charge is 0.391 e. The van der Waals surface area contributed by atoms with Crippen LogP contribution in [0, 0.1) is 0 Å². The number of β-amino-alcohol motifs (C(OH)–C–C–N with tert-alkyl or cyclic N) is 1. The van der Waals surface area contributed by atoms with Gasteiger partial charge in [0.1, 0.15) is 0 Å². The fourth-order valence-corrected chi connectivity index (χ4v) is 2.09. The number of nitrogens with one attached hydrogen (secondary N) is 1. The number of hydrogen-bond acceptors (Lipinski definition) is 6. The maximum Gasteiger partial charge on any atom is 0.231 e. The van der Waals surface area contributed by atoms with E-state index in [1.54, 1.807) is 0 Å². The highest BCUT2D eigenvalue weighted by molar-refractivity contribution is 6.28. The van der Waals surface area contributed by atoms with Crippen LogP contribution in [0.4, 0.5) is 11.9 Å². The Morgan fingerprint density at radius 3 is 3.00 bits per heavy atom. The molecule has 18 heavy (non-hydrogen) atoms. The second-order valence-electron chi connectivity index (χ2n) is 4.40. The maximum atomic E-state index is 9.66. The van der Waals surface area contributed by atoms with Crippen LogP contribution in [0.2, 0.25) is 5.28 Å². The SMILES string of the molecule is CCCNc1nc(Cl)nc(N2CCCC(O)C2)n1. The molecule has 6 nitrogen and oxygen atoms in total. The molecule has 0 radical (unpaired) electrons. The number of anilines is 2. The van der Waals surface area contributed by atoms with Crippen LogP contribution in [0.25, 0.3) is 0 Å². The van der Waals surface area contributed by atoms with E-state index in [2.05, 4.69) is 27.2 Å². The topological polar surface area (TPSA) is 74.2 Å². The van der Waals surface area contributed by atoms with Gasteiger partial charge < -0.3 is 15.3 Å². The van der Waals surface area contributed by atoms with Crippen molar-refractivity contribution in [2.75, 3.05) is 29.9 Å². The Morgan fingerprint density at radius 1 is 1.44 bits per heavy atom. The van der Waals surface area contributed by atoms with Gasteiger partial charge in [0.25, 0.3) is 0 Å². The molecule has 0 aromatic carbocycles. The molecule has 0 amide bonds. The minimum Gasteiger partial charge on any atom is -0.391 e. The number of nitrogens with zero attached hydrogens (tertiary/aromatic N) is 4. The number of aliphatic hydroxyl groups is 1. The van der Waals surface area contributed by atoms with Gasteiger partial charge in [-0.1, -0.05) is 6.92 Å². The number of aromatic nitrogens is 3. The van der Waals surface area contributed by atoms with Crippen molar-refractivity contribution in [1.82, 2.24) is 15.0 Å². The van der Waals surface area contributed by atoms with E-state index < -0.39 is 0 Å². The van der Waals surface area contributed by atoms with Crippen molar-refractivity contribution in [2.24, 2.45) is 0 Å². The molecule has 1 aliphatic rings. The number of hydrogen-bond donors (Lipinski definition) is 2. The molecule has 1 atom stereocenters. The molecule has 0 bridgehead atoms. The summed E-state index contributed by atoms with van der Waals surface area (Å²) in [6, 6.07) is 0. The van der Waals surface area contributed by atoms with Crippen LogP contribution in [0.3, 0.4) is 0 Å². The van der Waals surface area contributed by atoms with Crippen LogP contribution in [-0.4, -0.2) is 45.8 Å². The third kappa shape index (κ3) is 3.43. The van der Waals surface area contributed by atoms with Crippen molar-refractivity contribution in [3.63, 3.8) is 0 Å². The van der Waals surface area contributed by atoms with Gasteiger partial charge in [-0.15, -0.1) is 0 Å². The first-order valence-corrected chi connectivity index (χ1v) is 6.65. The summed E-state index contributed by atoms with van der Waals surface area (Å²) in [6.07, 6.45) is 2.43. The zero-order valence-corrected chi connectivity index (χ0v) is 11.2. The molecule has 1 aromatic heterocycles. The minimum absolute atomic E-state index is 0.179. The third-order valence-corrected chi connectivity index (χ3v) is 2.98. The van der Waals surface area contributed by atoms with Gasteiger partial charge in [0.15, 0.2) is 0 Å². The van der Waals surface area contributed by atoms with Gasteiger partial charge in [0.05, 0.1) is 6.10 Å². The highest BCUT2D eigenvalue weighted by Gasteiger charge is 2.20. The van der Waals surface area contributed by atoms with Crippen LogP contribution < -0.4 is 10.2 Å². The molecule has 0 aliphatic carbocycles. The molecule has 100 valence electrons. The molecule has 2 rings (SSSR count). The van der Waals surface area contributed by atoms with Gasteiger partial charge in [0.2, 0.25) is 17.2 Å². The van der Waals surface area contributed by atoms with Crippen LogP contribution in [0.5, 0.6) is 0 Å². The second kappa shape index (κ2) is 6.15. The van der Waals surface area contributed by atoms with Crippen molar-refractivity contribution in [3.8, 4) is 0 Å². The highest BCUT2D eigenvalue weighted by Crippen LogP contribution is 2.18. The van der Waals surface area contributed by atoms with Gasteiger partial charge in [-0.05, 0) is 30.9 Å². The Morgan fingerprint density at radius 2 is 2.28 bits per heavy atom. The summed E-state index contributed by atoms with van der Waals surface area (Å²) in [5, 5.41) is 12.9. The molecule has 1 unspecified atom stereocenters. The Balaban J connectivity index is 2.13. The normalized spacial score (nSPS) is 19.9. The number of piperidine rings is 1. The van der Waals surface area contributed by atoms with E-state index in [1.807, 2.05) is 4.90 Å². The van der Waals surface area contributed by atoms with E-state index in [4.69, 9.17) is 11.6 Å². The van der Waals surface area contributed by atoms with Crippen LogP contribution in [0.1, 0.15) is 26.2 Å². The van der Waals surface area contributed by atoms with E-state index in [1.165, 1.54) is 0 Å². The standard InChI is InChI=1S/C11H18ClN5O/c1-2-5-13-10-14-9(12)15-11(16-10)17-6-3-4-8(18)7-17/h8,18H,2-7H2,1H3,(H,13,14,15,16). The van der Waals surface area contributed by atoms with Crippen LogP contribution >= 0.6 is 11.6 Å². The molecule has 7 heteroatoms. The number of halogens is 1.